The summed E-state index contributed by atoms with van der Waals surface area (Å²) in [6.45, 7) is 1.85. The lowest BCUT2D eigenvalue weighted by molar-refractivity contribution is -0.158. The van der Waals surface area contributed by atoms with Gasteiger partial charge in [-0.15, -0.1) is 0 Å². The number of esters is 2. The molecule has 332 valence electrons. The molecule has 0 heterocycles. The van der Waals surface area contributed by atoms with E-state index in [0.29, 0.717) is 56.2 Å². The fourth-order valence-electron chi connectivity index (χ4n) is 5.91. The molecule has 0 saturated heterocycles. The predicted molar refractivity (Wildman–Crippen MR) is 240 cm³/mol. The SMILES string of the molecule is CC(=O)Nc1ccc(S(=O)(=O)Nc2ccc(OCCOc3ccccc3CC(=O)OC(=O)Cc3ccccc3OCCOc3ccc(NS(=O)(=O)c4ccc(Cl)cc4)cc3)cc2)cc1. The van der Waals surface area contributed by atoms with Gasteiger partial charge in [-0.05, 0) is 109 Å². The maximum atomic E-state index is 12.9. The highest BCUT2D eigenvalue weighted by Crippen LogP contribution is 2.25. The zero-order valence-electron chi connectivity index (χ0n) is 34.2. The van der Waals surface area contributed by atoms with Gasteiger partial charge in [0.2, 0.25) is 5.91 Å². The maximum Gasteiger partial charge on any atom is 0.318 e. The molecule has 0 saturated carbocycles. The summed E-state index contributed by atoms with van der Waals surface area (Å²) in [7, 11) is -7.68. The monoisotopic (exact) mass is 927 g/mol. The average molecular weight is 928 g/mol. The normalized spacial score (nSPS) is 11.2. The minimum absolute atomic E-state index is 0.0253. The van der Waals surface area contributed by atoms with Gasteiger partial charge in [0.25, 0.3) is 20.0 Å². The number of rotatable bonds is 21. The Kier molecular flexibility index (Phi) is 15.8. The summed E-state index contributed by atoms with van der Waals surface area (Å²) >= 11 is 5.86. The van der Waals surface area contributed by atoms with Gasteiger partial charge >= 0.3 is 11.9 Å². The number of anilines is 3. The summed E-state index contributed by atoms with van der Waals surface area (Å²) in [5, 5.41) is 3.01. The van der Waals surface area contributed by atoms with Gasteiger partial charge in [-0.2, -0.15) is 0 Å². The minimum Gasteiger partial charge on any atom is -0.490 e. The van der Waals surface area contributed by atoms with E-state index >= 15 is 0 Å². The third-order valence-corrected chi connectivity index (χ3v) is 11.9. The van der Waals surface area contributed by atoms with Gasteiger partial charge in [0.15, 0.2) is 0 Å². The van der Waals surface area contributed by atoms with Crippen LogP contribution in [0.15, 0.2) is 155 Å². The Morgan fingerprint density at radius 2 is 0.859 bits per heavy atom. The van der Waals surface area contributed by atoms with Gasteiger partial charge in [-0.25, -0.2) is 16.8 Å². The van der Waals surface area contributed by atoms with Gasteiger partial charge < -0.3 is 29.0 Å². The molecule has 0 spiro atoms. The molecule has 0 bridgehead atoms. The van der Waals surface area contributed by atoms with E-state index in [9.17, 15) is 31.2 Å². The molecule has 15 nitrogen and oxygen atoms in total. The molecule has 0 unspecified atom stereocenters. The second-order valence-corrected chi connectivity index (χ2v) is 17.5. The Bertz CT molecular complexity index is 2770. The fraction of sp³-hybridized carbons (Fsp3) is 0.152. The third kappa shape index (κ3) is 14.0. The highest BCUT2D eigenvalue weighted by molar-refractivity contribution is 7.93. The van der Waals surface area contributed by atoms with E-state index in [0.717, 1.165) is 0 Å². The Morgan fingerprint density at radius 1 is 0.484 bits per heavy atom. The molecular weight excluding hydrogens is 886 g/mol. The largest absolute Gasteiger partial charge is 0.490 e. The van der Waals surface area contributed by atoms with Crippen molar-refractivity contribution < 1.29 is 54.9 Å². The molecule has 6 rings (SSSR count). The van der Waals surface area contributed by atoms with Gasteiger partial charge in [0.1, 0.15) is 49.4 Å². The zero-order chi connectivity index (χ0) is 45.5. The molecule has 0 aliphatic rings. The molecule has 0 aliphatic heterocycles. The van der Waals surface area contributed by atoms with Gasteiger partial charge in [0.05, 0.1) is 22.6 Å². The third-order valence-electron chi connectivity index (χ3n) is 8.88. The van der Waals surface area contributed by atoms with Crippen LogP contribution in [0.5, 0.6) is 23.0 Å². The predicted octanol–water partition coefficient (Wildman–Crippen LogP) is 7.67. The number of amides is 1. The molecule has 0 atom stereocenters. The summed E-state index contributed by atoms with van der Waals surface area (Å²) < 4.78 is 84.3. The lowest BCUT2D eigenvalue weighted by Gasteiger charge is -2.13. The first-order valence-electron chi connectivity index (χ1n) is 19.5. The summed E-state index contributed by atoms with van der Waals surface area (Å²) in [5.41, 5.74) is 2.14. The van der Waals surface area contributed by atoms with Gasteiger partial charge in [0, 0.05) is 40.1 Å². The number of nitrogens with one attached hydrogen (secondary N) is 3. The first-order chi connectivity index (χ1) is 30.7. The van der Waals surface area contributed by atoms with Crippen LogP contribution in [0.4, 0.5) is 17.1 Å². The minimum atomic E-state index is -3.88. The molecular formula is C46H42ClN3O12S2. The summed E-state index contributed by atoms with van der Waals surface area (Å²) in [6.07, 6.45) is -0.461. The van der Waals surface area contributed by atoms with E-state index in [1.54, 1.807) is 97.1 Å². The second-order valence-electron chi connectivity index (χ2n) is 13.7. The number of hydrogen-bond acceptors (Lipinski definition) is 12. The molecule has 6 aromatic rings. The van der Waals surface area contributed by atoms with Crippen LogP contribution in [0.2, 0.25) is 5.02 Å². The van der Waals surface area contributed by atoms with Crippen molar-refractivity contribution in [3.63, 3.8) is 0 Å². The van der Waals surface area contributed by atoms with Crippen molar-refractivity contribution in [1.82, 2.24) is 0 Å². The van der Waals surface area contributed by atoms with Crippen LogP contribution in [0, 0.1) is 0 Å². The lowest BCUT2D eigenvalue weighted by atomic mass is 10.1. The second kappa shape index (κ2) is 21.8. The lowest BCUT2D eigenvalue weighted by Crippen LogP contribution is -2.18. The number of ether oxygens (including phenoxy) is 5. The van der Waals surface area contributed by atoms with Crippen molar-refractivity contribution in [2.24, 2.45) is 0 Å². The van der Waals surface area contributed by atoms with Crippen LogP contribution in [-0.4, -0.2) is 61.1 Å². The van der Waals surface area contributed by atoms with Crippen LogP contribution in [0.3, 0.4) is 0 Å². The molecule has 0 aromatic heterocycles. The Morgan fingerprint density at radius 3 is 1.28 bits per heavy atom. The number of para-hydroxylation sites is 2. The molecule has 6 aromatic carbocycles. The van der Waals surface area contributed by atoms with Crippen molar-refractivity contribution in [1.29, 1.82) is 0 Å². The maximum absolute atomic E-state index is 12.9. The average Bonchev–Trinajstić information content (AvgIpc) is 3.26. The highest BCUT2D eigenvalue weighted by Gasteiger charge is 2.18. The standard InChI is InChI=1S/C46H42ClN3O12S2/c1-32(51)48-36-16-24-42(25-17-36)64(56,57)50-38-14-20-40(21-15-38)59-27-29-61-44-9-5-3-7-34(44)31-46(53)62-45(52)30-33-6-2-4-8-43(33)60-28-26-58-39-18-12-37(13-19-39)49-63(54,55)41-22-10-35(47)11-23-41/h2-25,49-50H,26-31H2,1H3,(H,48,51). The van der Waals surface area contributed by atoms with Gasteiger partial charge in [-0.1, -0.05) is 48.0 Å². The van der Waals surface area contributed by atoms with E-state index in [2.05, 4.69) is 14.8 Å². The molecule has 0 aliphatic carbocycles. The number of carbonyl (C=O) groups is 3. The first-order valence-corrected chi connectivity index (χ1v) is 22.9. The van der Waals surface area contributed by atoms with Gasteiger partial charge in [-0.3, -0.25) is 23.8 Å². The van der Waals surface area contributed by atoms with Crippen molar-refractivity contribution in [2.45, 2.75) is 29.6 Å². The Balaban J connectivity index is 0.905. The molecule has 0 radical (unpaired) electrons. The van der Waals surface area contributed by atoms with E-state index in [1.807, 2.05) is 0 Å². The smallest absolute Gasteiger partial charge is 0.318 e. The van der Waals surface area contributed by atoms with Crippen LogP contribution in [0.25, 0.3) is 0 Å². The number of hydrogen-bond donors (Lipinski definition) is 3. The van der Waals surface area contributed by atoms with Crippen LogP contribution >= 0.6 is 11.6 Å². The van der Waals surface area contributed by atoms with E-state index < -0.39 is 32.0 Å². The molecule has 64 heavy (non-hydrogen) atoms. The number of sulfonamides is 2. The van der Waals surface area contributed by atoms with Crippen molar-refractivity contribution in [2.75, 3.05) is 41.2 Å². The van der Waals surface area contributed by atoms with E-state index in [-0.39, 0.29) is 55.0 Å². The van der Waals surface area contributed by atoms with Crippen molar-refractivity contribution in [3.8, 4) is 23.0 Å². The Hall–Kier alpha value is -7.08. The number of halogens is 1. The van der Waals surface area contributed by atoms with Crippen LogP contribution in [-0.2, 0) is 52.0 Å². The van der Waals surface area contributed by atoms with E-state index in [4.69, 9.17) is 35.3 Å². The zero-order valence-corrected chi connectivity index (χ0v) is 36.6. The topological polar surface area (TPSA) is 202 Å². The molecule has 0 fully saturated rings. The quantitative estimate of drug-likeness (QED) is 0.0362. The van der Waals surface area contributed by atoms with Crippen molar-refractivity contribution >= 4 is 66.6 Å². The summed E-state index contributed by atoms with van der Waals surface area (Å²) in [4.78, 5) is 37.0. The first kappa shape index (κ1) is 46.4. The highest BCUT2D eigenvalue weighted by atomic mass is 35.5. The fourth-order valence-corrected chi connectivity index (χ4v) is 8.16. The van der Waals surface area contributed by atoms with E-state index in [1.165, 1.54) is 55.5 Å². The summed E-state index contributed by atoms with van der Waals surface area (Å²) in [5.74, 6) is -0.0544. The number of benzene rings is 6. The molecule has 18 heteroatoms. The number of carbonyl (C=O) groups excluding carboxylic acids is 3. The van der Waals surface area contributed by atoms with Crippen LogP contribution < -0.4 is 33.7 Å². The molecule has 1 amide bonds. The van der Waals surface area contributed by atoms with Crippen molar-refractivity contribution in [3.05, 3.63) is 162 Å². The summed E-state index contributed by atoms with van der Waals surface area (Å²) in [6, 6.07) is 37.9. The Labute approximate surface area is 375 Å². The van der Waals surface area contributed by atoms with Crippen LogP contribution in [0.1, 0.15) is 18.1 Å². The molecule has 3 N–H and O–H groups in total.